The van der Waals surface area contributed by atoms with Gasteiger partial charge in [-0.3, -0.25) is 9.69 Å². The number of nitrogens with one attached hydrogen (secondary N) is 1. The zero-order valence-electron chi connectivity index (χ0n) is 12.8. The van der Waals surface area contributed by atoms with E-state index in [9.17, 15) is 4.79 Å². The minimum atomic E-state index is 0.128. The normalized spacial score (nSPS) is 25.0. The maximum atomic E-state index is 12.3. The van der Waals surface area contributed by atoms with Crippen molar-refractivity contribution in [3.8, 4) is 0 Å². The second-order valence-electron chi connectivity index (χ2n) is 5.94. The van der Waals surface area contributed by atoms with E-state index < -0.39 is 0 Å². The molecule has 0 radical (unpaired) electrons. The first-order chi connectivity index (χ1) is 10.8. The quantitative estimate of drug-likeness (QED) is 0.827. The lowest BCUT2D eigenvalue weighted by molar-refractivity contribution is -0.123. The summed E-state index contributed by atoms with van der Waals surface area (Å²) in [7, 11) is 0. The Balaban J connectivity index is 1.50. The number of amides is 1. The van der Waals surface area contributed by atoms with Gasteiger partial charge in [0.15, 0.2) is 0 Å². The highest BCUT2D eigenvalue weighted by Gasteiger charge is 2.28. The maximum absolute atomic E-state index is 12.3. The molecular formula is C16H24N2O2S2. The van der Waals surface area contributed by atoms with Gasteiger partial charge in [0.1, 0.15) is 0 Å². The molecule has 3 rings (SSSR count). The molecule has 2 unspecified atom stereocenters. The van der Waals surface area contributed by atoms with Crippen molar-refractivity contribution in [1.29, 1.82) is 0 Å². The molecule has 6 heteroatoms. The van der Waals surface area contributed by atoms with Gasteiger partial charge in [-0.1, -0.05) is 6.07 Å². The van der Waals surface area contributed by atoms with E-state index in [-0.39, 0.29) is 5.91 Å². The van der Waals surface area contributed by atoms with Crippen LogP contribution in [-0.2, 0) is 16.1 Å². The van der Waals surface area contributed by atoms with Crippen LogP contribution >= 0.6 is 23.1 Å². The summed E-state index contributed by atoms with van der Waals surface area (Å²) in [5, 5.41) is 5.09. The van der Waals surface area contributed by atoms with Gasteiger partial charge in [0.2, 0.25) is 5.91 Å². The number of carbonyl (C=O) groups is 1. The number of ether oxygens (including phenoxy) is 1. The van der Waals surface area contributed by atoms with Crippen molar-refractivity contribution >= 4 is 29.0 Å². The topological polar surface area (TPSA) is 41.6 Å². The molecule has 1 N–H and O–H groups in total. The number of carbonyl (C=O) groups excluding carboxylic acids is 1. The SMILES string of the molecule is O=C(CN(CC1CCCO1)C1CCSC1)NCc1cccs1. The van der Waals surface area contributed by atoms with E-state index in [1.54, 1.807) is 11.3 Å². The average Bonchev–Trinajstić information content (AvgIpc) is 3.26. The van der Waals surface area contributed by atoms with Crippen LogP contribution in [0.3, 0.4) is 0 Å². The maximum Gasteiger partial charge on any atom is 0.234 e. The molecule has 1 amide bonds. The Morgan fingerprint density at radius 2 is 2.41 bits per heavy atom. The fourth-order valence-corrected chi connectivity index (χ4v) is 4.94. The zero-order chi connectivity index (χ0) is 15.2. The van der Waals surface area contributed by atoms with Crippen molar-refractivity contribution in [1.82, 2.24) is 10.2 Å². The minimum Gasteiger partial charge on any atom is -0.377 e. The molecule has 3 heterocycles. The average molecular weight is 341 g/mol. The minimum absolute atomic E-state index is 0.128. The number of nitrogens with zero attached hydrogens (tertiary/aromatic N) is 1. The second kappa shape index (κ2) is 8.34. The summed E-state index contributed by atoms with van der Waals surface area (Å²) >= 11 is 3.68. The van der Waals surface area contributed by atoms with Gasteiger partial charge in [0.05, 0.1) is 19.2 Å². The molecule has 22 heavy (non-hydrogen) atoms. The van der Waals surface area contributed by atoms with Gasteiger partial charge in [0.25, 0.3) is 0 Å². The number of hydrogen-bond donors (Lipinski definition) is 1. The highest BCUT2D eigenvalue weighted by Crippen LogP contribution is 2.24. The smallest absolute Gasteiger partial charge is 0.234 e. The van der Waals surface area contributed by atoms with Crippen molar-refractivity contribution in [2.45, 2.75) is 38.0 Å². The van der Waals surface area contributed by atoms with Gasteiger partial charge in [-0.05, 0) is 36.5 Å². The van der Waals surface area contributed by atoms with Crippen LogP contribution in [-0.4, -0.2) is 54.2 Å². The first-order valence-corrected chi connectivity index (χ1v) is 10.1. The highest BCUT2D eigenvalue weighted by molar-refractivity contribution is 7.99. The monoisotopic (exact) mass is 340 g/mol. The van der Waals surface area contributed by atoms with E-state index in [1.165, 1.54) is 17.1 Å². The van der Waals surface area contributed by atoms with Gasteiger partial charge in [-0.15, -0.1) is 11.3 Å². The van der Waals surface area contributed by atoms with Gasteiger partial charge < -0.3 is 10.1 Å². The first kappa shape index (κ1) is 16.3. The van der Waals surface area contributed by atoms with Crippen LogP contribution in [0.5, 0.6) is 0 Å². The van der Waals surface area contributed by atoms with Crippen molar-refractivity contribution in [3.63, 3.8) is 0 Å². The standard InChI is InChI=1S/C16H24N2O2S2/c19-16(17-9-15-4-2-7-22-15)11-18(13-5-8-21-12-13)10-14-3-1-6-20-14/h2,4,7,13-14H,1,3,5-6,8-12H2,(H,17,19). The number of rotatable bonds is 7. The van der Waals surface area contributed by atoms with E-state index in [1.807, 2.05) is 23.2 Å². The summed E-state index contributed by atoms with van der Waals surface area (Å²) < 4.78 is 5.76. The van der Waals surface area contributed by atoms with Crippen LogP contribution in [0, 0.1) is 0 Å². The molecule has 0 spiro atoms. The molecule has 2 saturated heterocycles. The number of hydrogen-bond acceptors (Lipinski definition) is 5. The third-order valence-corrected chi connectivity index (χ3v) is 6.29. The fraction of sp³-hybridized carbons (Fsp3) is 0.688. The zero-order valence-corrected chi connectivity index (χ0v) is 14.5. The molecule has 2 fully saturated rings. The lowest BCUT2D eigenvalue weighted by Gasteiger charge is -2.29. The molecule has 2 aliphatic heterocycles. The Hall–Kier alpha value is -0.560. The van der Waals surface area contributed by atoms with E-state index in [2.05, 4.69) is 16.3 Å². The van der Waals surface area contributed by atoms with Crippen LogP contribution in [0.2, 0.25) is 0 Å². The van der Waals surface area contributed by atoms with Gasteiger partial charge in [-0.25, -0.2) is 0 Å². The number of thiophene rings is 1. The summed E-state index contributed by atoms with van der Waals surface area (Å²) in [5.74, 6) is 2.48. The molecular weight excluding hydrogens is 316 g/mol. The third kappa shape index (κ3) is 4.72. The Labute approximate surface area is 140 Å². The van der Waals surface area contributed by atoms with E-state index >= 15 is 0 Å². The van der Waals surface area contributed by atoms with E-state index in [0.717, 1.165) is 31.7 Å². The molecule has 0 aromatic carbocycles. The van der Waals surface area contributed by atoms with Crippen LogP contribution in [0.25, 0.3) is 0 Å². The van der Waals surface area contributed by atoms with Crippen LogP contribution in [0.1, 0.15) is 24.1 Å². The van der Waals surface area contributed by atoms with Crippen LogP contribution in [0.15, 0.2) is 17.5 Å². The van der Waals surface area contributed by atoms with E-state index in [0.29, 0.717) is 25.2 Å². The molecule has 0 saturated carbocycles. The van der Waals surface area contributed by atoms with Crippen molar-refractivity contribution in [2.24, 2.45) is 0 Å². The van der Waals surface area contributed by atoms with Gasteiger partial charge in [0, 0.05) is 29.8 Å². The van der Waals surface area contributed by atoms with Crippen molar-refractivity contribution < 1.29 is 9.53 Å². The molecule has 122 valence electrons. The van der Waals surface area contributed by atoms with Crippen LogP contribution in [0.4, 0.5) is 0 Å². The van der Waals surface area contributed by atoms with Crippen molar-refractivity contribution in [3.05, 3.63) is 22.4 Å². The summed E-state index contributed by atoms with van der Waals surface area (Å²) in [6.07, 6.45) is 3.79. The Kier molecular flexibility index (Phi) is 6.18. The highest BCUT2D eigenvalue weighted by atomic mass is 32.2. The lowest BCUT2D eigenvalue weighted by atomic mass is 10.1. The molecule has 1 aromatic heterocycles. The summed E-state index contributed by atoms with van der Waals surface area (Å²) in [6.45, 7) is 2.92. The van der Waals surface area contributed by atoms with Gasteiger partial charge in [-0.2, -0.15) is 11.8 Å². The molecule has 2 aliphatic rings. The molecule has 2 atom stereocenters. The Morgan fingerprint density at radius 3 is 3.09 bits per heavy atom. The first-order valence-electron chi connectivity index (χ1n) is 8.04. The summed E-state index contributed by atoms with van der Waals surface area (Å²) in [6, 6.07) is 4.61. The fourth-order valence-electron chi connectivity index (χ4n) is 3.04. The molecule has 4 nitrogen and oxygen atoms in total. The Bertz CT molecular complexity index is 455. The molecule has 0 aliphatic carbocycles. The molecule has 0 bridgehead atoms. The summed E-state index contributed by atoms with van der Waals surface area (Å²) in [5.41, 5.74) is 0. The van der Waals surface area contributed by atoms with Crippen LogP contribution < -0.4 is 5.32 Å². The second-order valence-corrected chi connectivity index (χ2v) is 8.12. The third-order valence-electron chi connectivity index (χ3n) is 4.27. The largest absolute Gasteiger partial charge is 0.377 e. The lowest BCUT2D eigenvalue weighted by Crippen LogP contribution is -2.46. The predicted octanol–water partition coefficient (Wildman–Crippen LogP) is 2.35. The van der Waals surface area contributed by atoms with Gasteiger partial charge >= 0.3 is 0 Å². The number of thioether (sulfide) groups is 1. The van der Waals surface area contributed by atoms with E-state index in [4.69, 9.17) is 4.74 Å². The molecule has 1 aromatic rings. The predicted molar refractivity (Wildman–Crippen MR) is 92.4 cm³/mol. The summed E-state index contributed by atoms with van der Waals surface area (Å²) in [4.78, 5) is 15.8. The van der Waals surface area contributed by atoms with Crippen molar-refractivity contribution in [2.75, 3.05) is 31.2 Å². The Morgan fingerprint density at radius 1 is 1.45 bits per heavy atom.